The maximum Gasteiger partial charge on any atom is 0.223 e. The first-order valence-corrected chi connectivity index (χ1v) is 5.82. The van der Waals surface area contributed by atoms with Crippen LogP contribution in [0.25, 0.3) is 0 Å². The van der Waals surface area contributed by atoms with Crippen LogP contribution in [-0.4, -0.2) is 44.2 Å². The van der Waals surface area contributed by atoms with Gasteiger partial charge >= 0.3 is 0 Å². The van der Waals surface area contributed by atoms with Crippen LogP contribution >= 0.6 is 0 Å². The molecule has 0 aliphatic carbocycles. The molecule has 1 amide bonds. The molecular weight excluding hydrogens is 204 g/mol. The molecule has 1 heterocycles. The molecule has 0 aromatic rings. The van der Waals surface area contributed by atoms with Gasteiger partial charge in [0.05, 0.1) is 6.61 Å². The second kappa shape index (κ2) is 6.66. The van der Waals surface area contributed by atoms with Crippen molar-refractivity contribution in [3.05, 3.63) is 11.6 Å². The van der Waals surface area contributed by atoms with Crippen LogP contribution in [-0.2, 0) is 9.53 Å². The number of methoxy groups -OCH3 is 1. The van der Waals surface area contributed by atoms with E-state index < -0.39 is 0 Å². The minimum atomic E-state index is 0.214. The van der Waals surface area contributed by atoms with Crippen molar-refractivity contribution in [2.45, 2.75) is 19.8 Å². The van der Waals surface area contributed by atoms with Crippen molar-refractivity contribution in [3.8, 4) is 0 Å². The summed E-state index contributed by atoms with van der Waals surface area (Å²) in [5, 5.41) is 0. The number of hydrogen-bond donors (Lipinski definition) is 1. The quantitative estimate of drug-likeness (QED) is 0.705. The van der Waals surface area contributed by atoms with Crippen molar-refractivity contribution in [2.24, 2.45) is 11.7 Å². The van der Waals surface area contributed by atoms with Gasteiger partial charge in [-0.05, 0) is 24.5 Å². The van der Waals surface area contributed by atoms with Gasteiger partial charge in [-0.1, -0.05) is 13.0 Å². The van der Waals surface area contributed by atoms with Gasteiger partial charge in [0.15, 0.2) is 0 Å². The van der Waals surface area contributed by atoms with Crippen LogP contribution in [0.15, 0.2) is 11.6 Å². The number of amides is 1. The van der Waals surface area contributed by atoms with Gasteiger partial charge in [0.2, 0.25) is 5.91 Å². The largest absolute Gasteiger partial charge is 0.380 e. The maximum absolute atomic E-state index is 11.8. The van der Waals surface area contributed by atoms with E-state index in [2.05, 4.69) is 6.08 Å². The van der Waals surface area contributed by atoms with Crippen LogP contribution in [0.2, 0.25) is 0 Å². The molecule has 4 heteroatoms. The molecule has 0 saturated carbocycles. The molecule has 0 bridgehead atoms. The SMILES string of the molecule is COCC1=CCN(C(=O)CC(C)CN)CC1. The van der Waals surface area contributed by atoms with Crippen LogP contribution in [0, 0.1) is 5.92 Å². The number of carbonyl (C=O) groups excluding carboxylic acids is 1. The fourth-order valence-electron chi connectivity index (χ4n) is 1.76. The molecule has 0 aromatic heterocycles. The standard InChI is InChI=1S/C12H22N2O2/c1-10(8-13)7-12(15)14-5-3-11(4-6-14)9-16-2/h3,10H,4-9,13H2,1-2H3. The zero-order valence-electron chi connectivity index (χ0n) is 10.2. The van der Waals surface area contributed by atoms with Crippen molar-refractivity contribution in [1.29, 1.82) is 0 Å². The van der Waals surface area contributed by atoms with Crippen LogP contribution in [0.5, 0.6) is 0 Å². The molecule has 0 saturated heterocycles. The molecule has 1 aliphatic heterocycles. The Hall–Kier alpha value is -0.870. The summed E-state index contributed by atoms with van der Waals surface area (Å²) in [6.07, 6.45) is 3.58. The molecule has 0 fully saturated rings. The number of nitrogens with zero attached hydrogens (tertiary/aromatic N) is 1. The monoisotopic (exact) mass is 226 g/mol. The summed E-state index contributed by atoms with van der Waals surface area (Å²) < 4.78 is 5.07. The second-order valence-corrected chi connectivity index (χ2v) is 4.43. The smallest absolute Gasteiger partial charge is 0.223 e. The summed E-state index contributed by atoms with van der Waals surface area (Å²) in [4.78, 5) is 13.7. The van der Waals surface area contributed by atoms with Gasteiger partial charge in [0.1, 0.15) is 0 Å². The fraction of sp³-hybridized carbons (Fsp3) is 0.750. The first kappa shape index (κ1) is 13.2. The van der Waals surface area contributed by atoms with Crippen molar-refractivity contribution in [2.75, 3.05) is 33.4 Å². The van der Waals surface area contributed by atoms with E-state index in [9.17, 15) is 4.79 Å². The van der Waals surface area contributed by atoms with Gasteiger partial charge in [-0.25, -0.2) is 0 Å². The first-order chi connectivity index (χ1) is 7.67. The van der Waals surface area contributed by atoms with E-state index in [4.69, 9.17) is 10.5 Å². The Kier molecular flexibility index (Phi) is 5.49. The number of carbonyl (C=O) groups is 1. The Bertz CT molecular complexity index is 264. The fourth-order valence-corrected chi connectivity index (χ4v) is 1.76. The molecule has 1 aliphatic rings. The third-order valence-corrected chi connectivity index (χ3v) is 2.91. The third-order valence-electron chi connectivity index (χ3n) is 2.91. The van der Waals surface area contributed by atoms with E-state index in [1.165, 1.54) is 5.57 Å². The molecule has 0 spiro atoms. The van der Waals surface area contributed by atoms with Crippen LogP contribution in [0.3, 0.4) is 0 Å². The predicted molar refractivity (Wildman–Crippen MR) is 64.0 cm³/mol. The maximum atomic E-state index is 11.8. The lowest BCUT2D eigenvalue weighted by atomic mass is 10.1. The lowest BCUT2D eigenvalue weighted by molar-refractivity contribution is -0.131. The zero-order chi connectivity index (χ0) is 12.0. The average Bonchev–Trinajstić information content (AvgIpc) is 2.30. The van der Waals surface area contributed by atoms with Gasteiger partial charge in [0.25, 0.3) is 0 Å². The number of hydrogen-bond acceptors (Lipinski definition) is 3. The minimum Gasteiger partial charge on any atom is -0.380 e. The summed E-state index contributed by atoms with van der Waals surface area (Å²) in [5.41, 5.74) is 6.80. The lowest BCUT2D eigenvalue weighted by Gasteiger charge is -2.27. The first-order valence-electron chi connectivity index (χ1n) is 5.82. The number of rotatable bonds is 5. The second-order valence-electron chi connectivity index (χ2n) is 4.43. The van der Waals surface area contributed by atoms with E-state index in [1.807, 2.05) is 11.8 Å². The Morgan fingerprint density at radius 3 is 2.94 bits per heavy atom. The summed E-state index contributed by atoms with van der Waals surface area (Å²) in [7, 11) is 1.70. The highest BCUT2D eigenvalue weighted by Crippen LogP contribution is 2.13. The molecule has 0 aromatic carbocycles. The topological polar surface area (TPSA) is 55.6 Å². The van der Waals surface area contributed by atoms with Crippen LogP contribution < -0.4 is 5.73 Å². The van der Waals surface area contributed by atoms with Crippen molar-refractivity contribution in [1.82, 2.24) is 4.90 Å². The molecule has 1 rings (SSSR count). The summed E-state index contributed by atoms with van der Waals surface area (Å²) in [5.74, 6) is 0.488. The third kappa shape index (κ3) is 3.94. The zero-order valence-corrected chi connectivity index (χ0v) is 10.2. The van der Waals surface area contributed by atoms with E-state index in [0.29, 0.717) is 19.6 Å². The molecule has 2 N–H and O–H groups in total. The average molecular weight is 226 g/mol. The highest BCUT2D eigenvalue weighted by Gasteiger charge is 2.18. The van der Waals surface area contributed by atoms with E-state index in [0.717, 1.165) is 19.5 Å². The van der Waals surface area contributed by atoms with Crippen LogP contribution in [0.4, 0.5) is 0 Å². The summed E-state index contributed by atoms with van der Waals surface area (Å²) in [6, 6.07) is 0. The Balaban J connectivity index is 2.38. The lowest BCUT2D eigenvalue weighted by Crippen LogP contribution is -2.36. The molecule has 16 heavy (non-hydrogen) atoms. The molecular formula is C12H22N2O2. The van der Waals surface area contributed by atoms with E-state index >= 15 is 0 Å². The normalized spacial score (nSPS) is 18.2. The van der Waals surface area contributed by atoms with E-state index in [-0.39, 0.29) is 11.8 Å². The predicted octanol–water partition coefficient (Wildman–Crippen LogP) is 0.776. The van der Waals surface area contributed by atoms with Crippen LogP contribution in [0.1, 0.15) is 19.8 Å². The Morgan fingerprint density at radius 1 is 1.69 bits per heavy atom. The number of ether oxygens (including phenoxy) is 1. The van der Waals surface area contributed by atoms with Gasteiger partial charge < -0.3 is 15.4 Å². The highest BCUT2D eigenvalue weighted by atomic mass is 16.5. The van der Waals surface area contributed by atoms with Gasteiger partial charge in [-0.15, -0.1) is 0 Å². The van der Waals surface area contributed by atoms with Crippen molar-refractivity contribution < 1.29 is 9.53 Å². The van der Waals surface area contributed by atoms with Gasteiger partial charge in [0, 0.05) is 26.6 Å². The molecule has 1 atom stereocenters. The molecule has 1 unspecified atom stereocenters. The highest BCUT2D eigenvalue weighted by molar-refractivity contribution is 5.76. The van der Waals surface area contributed by atoms with Gasteiger partial charge in [-0.2, -0.15) is 0 Å². The number of nitrogens with two attached hydrogens (primary N) is 1. The van der Waals surface area contributed by atoms with E-state index in [1.54, 1.807) is 7.11 Å². The Morgan fingerprint density at radius 2 is 2.44 bits per heavy atom. The van der Waals surface area contributed by atoms with Crippen molar-refractivity contribution >= 4 is 5.91 Å². The Labute approximate surface area is 97.4 Å². The minimum absolute atomic E-state index is 0.214. The molecule has 0 radical (unpaired) electrons. The molecule has 92 valence electrons. The summed E-state index contributed by atoms with van der Waals surface area (Å²) in [6.45, 7) is 4.79. The molecule has 4 nitrogen and oxygen atoms in total. The van der Waals surface area contributed by atoms with Crippen molar-refractivity contribution in [3.63, 3.8) is 0 Å². The summed E-state index contributed by atoms with van der Waals surface area (Å²) >= 11 is 0. The van der Waals surface area contributed by atoms with Gasteiger partial charge in [-0.3, -0.25) is 4.79 Å².